The van der Waals surface area contributed by atoms with Gasteiger partial charge in [0, 0.05) is 25.4 Å². The molecule has 0 heterocycles. The van der Waals surface area contributed by atoms with Crippen LogP contribution in [0.2, 0.25) is 0 Å². The topological polar surface area (TPSA) is 98.2 Å². The Morgan fingerprint density at radius 2 is 2.08 bits per heavy atom. The molecule has 0 rings (SSSR count). The maximum atomic E-state index is 11.1. The zero-order chi connectivity index (χ0) is 10.3. The molecule has 1 unspecified atom stereocenters. The zero-order valence-corrected chi connectivity index (χ0v) is 7.88. The van der Waals surface area contributed by atoms with Crippen molar-refractivity contribution in [2.75, 3.05) is 13.1 Å². The summed E-state index contributed by atoms with van der Waals surface area (Å²) in [6.45, 7) is 2.57. The Kier molecular flexibility index (Phi) is 5.88. The maximum absolute atomic E-state index is 11.1. The van der Waals surface area contributed by atoms with Crippen molar-refractivity contribution in [3.8, 4) is 0 Å². The third-order valence-electron chi connectivity index (χ3n) is 1.70. The molecule has 5 nitrogen and oxygen atoms in total. The normalized spacial score (nSPS) is 12.2. The summed E-state index contributed by atoms with van der Waals surface area (Å²) in [5, 5.41) is 2.66. The van der Waals surface area contributed by atoms with E-state index in [0.29, 0.717) is 25.9 Å². The lowest BCUT2D eigenvalue weighted by atomic mass is 10.1. The number of nitrogens with one attached hydrogen (secondary N) is 1. The fourth-order valence-electron chi connectivity index (χ4n) is 0.755. The Morgan fingerprint density at radius 1 is 1.46 bits per heavy atom. The minimum absolute atomic E-state index is 0.0769. The minimum Gasteiger partial charge on any atom is -0.370 e. The van der Waals surface area contributed by atoms with Crippen LogP contribution in [0.15, 0.2) is 0 Å². The van der Waals surface area contributed by atoms with Crippen molar-refractivity contribution in [2.24, 2.45) is 17.4 Å². The van der Waals surface area contributed by atoms with Crippen LogP contribution < -0.4 is 16.8 Å². The molecule has 0 bridgehead atoms. The van der Waals surface area contributed by atoms with Crippen molar-refractivity contribution < 1.29 is 9.59 Å². The number of hydrogen-bond donors (Lipinski definition) is 3. The molecule has 1 atom stereocenters. The van der Waals surface area contributed by atoms with E-state index in [1.54, 1.807) is 6.92 Å². The quantitative estimate of drug-likeness (QED) is 0.463. The van der Waals surface area contributed by atoms with Gasteiger partial charge in [-0.1, -0.05) is 6.92 Å². The van der Waals surface area contributed by atoms with Crippen molar-refractivity contribution in [1.29, 1.82) is 0 Å². The van der Waals surface area contributed by atoms with E-state index in [1.807, 2.05) is 0 Å². The minimum atomic E-state index is -0.346. The first-order valence-electron chi connectivity index (χ1n) is 4.34. The van der Waals surface area contributed by atoms with Gasteiger partial charge in [-0.05, 0) is 6.42 Å². The van der Waals surface area contributed by atoms with Gasteiger partial charge in [0.1, 0.15) is 0 Å². The molecule has 0 aliphatic carbocycles. The molecule has 5 heteroatoms. The highest BCUT2D eigenvalue weighted by molar-refractivity contribution is 5.78. The molecule has 13 heavy (non-hydrogen) atoms. The second-order valence-corrected chi connectivity index (χ2v) is 3.00. The lowest BCUT2D eigenvalue weighted by Gasteiger charge is -2.08. The standard InChI is InChI=1S/C8H17N3O2/c1-6(5-9)8(13)11-4-2-3-7(10)12/h6H,2-5,9H2,1H3,(H2,10,12)(H,11,13). The van der Waals surface area contributed by atoms with E-state index in [1.165, 1.54) is 0 Å². The van der Waals surface area contributed by atoms with Gasteiger partial charge in [-0.15, -0.1) is 0 Å². The molecule has 0 aromatic carbocycles. The molecular formula is C8H17N3O2. The van der Waals surface area contributed by atoms with Gasteiger partial charge >= 0.3 is 0 Å². The molecule has 0 saturated heterocycles. The molecule has 5 N–H and O–H groups in total. The number of rotatable bonds is 6. The number of hydrogen-bond acceptors (Lipinski definition) is 3. The van der Waals surface area contributed by atoms with E-state index in [9.17, 15) is 9.59 Å². The summed E-state index contributed by atoms with van der Waals surface area (Å²) in [5.74, 6) is -0.596. The lowest BCUT2D eigenvalue weighted by molar-refractivity contribution is -0.124. The van der Waals surface area contributed by atoms with Crippen molar-refractivity contribution in [3.05, 3.63) is 0 Å². The van der Waals surface area contributed by atoms with Crippen molar-refractivity contribution in [3.63, 3.8) is 0 Å². The summed E-state index contributed by atoms with van der Waals surface area (Å²) in [4.78, 5) is 21.4. The summed E-state index contributed by atoms with van der Waals surface area (Å²) < 4.78 is 0. The second-order valence-electron chi connectivity index (χ2n) is 3.00. The van der Waals surface area contributed by atoms with Crippen LogP contribution in [0.1, 0.15) is 19.8 Å². The summed E-state index contributed by atoms with van der Waals surface area (Å²) in [7, 11) is 0. The third kappa shape index (κ3) is 6.10. The van der Waals surface area contributed by atoms with Gasteiger partial charge in [-0.2, -0.15) is 0 Å². The van der Waals surface area contributed by atoms with Crippen molar-refractivity contribution in [1.82, 2.24) is 5.32 Å². The molecule has 0 spiro atoms. The number of primary amides is 1. The predicted octanol–water partition coefficient (Wildman–Crippen LogP) is -1.04. The number of carbonyl (C=O) groups is 2. The maximum Gasteiger partial charge on any atom is 0.224 e. The van der Waals surface area contributed by atoms with Crippen molar-refractivity contribution in [2.45, 2.75) is 19.8 Å². The third-order valence-corrected chi connectivity index (χ3v) is 1.70. The van der Waals surface area contributed by atoms with E-state index in [-0.39, 0.29) is 17.7 Å². The summed E-state index contributed by atoms with van der Waals surface area (Å²) in [6, 6.07) is 0. The zero-order valence-electron chi connectivity index (χ0n) is 7.88. The van der Waals surface area contributed by atoms with E-state index in [2.05, 4.69) is 5.32 Å². The first-order valence-corrected chi connectivity index (χ1v) is 4.34. The molecule has 0 aliphatic rings. The predicted molar refractivity (Wildman–Crippen MR) is 49.7 cm³/mol. The fourth-order valence-corrected chi connectivity index (χ4v) is 0.755. The first kappa shape index (κ1) is 11.9. The van der Waals surface area contributed by atoms with Crippen molar-refractivity contribution >= 4 is 11.8 Å². The molecular weight excluding hydrogens is 170 g/mol. The van der Waals surface area contributed by atoms with Crippen LogP contribution in [0.3, 0.4) is 0 Å². The summed E-state index contributed by atoms with van der Waals surface area (Å²) in [5.41, 5.74) is 10.2. The molecule has 0 saturated carbocycles. The first-order chi connectivity index (χ1) is 6.07. The molecule has 0 radical (unpaired) electrons. The number of amides is 2. The van der Waals surface area contributed by atoms with E-state index in [4.69, 9.17) is 11.5 Å². The highest BCUT2D eigenvalue weighted by Crippen LogP contribution is 1.91. The summed E-state index contributed by atoms with van der Waals surface area (Å²) in [6.07, 6.45) is 0.885. The fraction of sp³-hybridized carbons (Fsp3) is 0.750. The lowest BCUT2D eigenvalue weighted by Crippen LogP contribution is -2.34. The SMILES string of the molecule is CC(CN)C(=O)NCCCC(N)=O. The average molecular weight is 187 g/mol. The molecule has 0 fully saturated rings. The summed E-state index contributed by atoms with van der Waals surface area (Å²) >= 11 is 0. The molecule has 0 aliphatic heterocycles. The average Bonchev–Trinajstić information content (AvgIpc) is 2.10. The highest BCUT2D eigenvalue weighted by atomic mass is 16.2. The Labute approximate surface area is 77.8 Å². The van der Waals surface area contributed by atoms with Gasteiger partial charge in [-0.3, -0.25) is 9.59 Å². The van der Waals surface area contributed by atoms with Crippen LogP contribution in [0.25, 0.3) is 0 Å². The Balaban J connectivity index is 3.42. The Morgan fingerprint density at radius 3 is 2.54 bits per heavy atom. The smallest absolute Gasteiger partial charge is 0.224 e. The number of nitrogens with two attached hydrogens (primary N) is 2. The van der Waals surface area contributed by atoms with Gasteiger partial charge in [0.25, 0.3) is 0 Å². The largest absolute Gasteiger partial charge is 0.370 e. The van der Waals surface area contributed by atoms with Crippen LogP contribution in [0, 0.1) is 5.92 Å². The van der Waals surface area contributed by atoms with Gasteiger partial charge in [0.15, 0.2) is 0 Å². The van der Waals surface area contributed by atoms with E-state index >= 15 is 0 Å². The van der Waals surface area contributed by atoms with Gasteiger partial charge in [0.05, 0.1) is 0 Å². The van der Waals surface area contributed by atoms with E-state index < -0.39 is 0 Å². The highest BCUT2D eigenvalue weighted by Gasteiger charge is 2.09. The molecule has 76 valence electrons. The van der Waals surface area contributed by atoms with E-state index in [0.717, 1.165) is 0 Å². The van der Waals surface area contributed by atoms with Crippen LogP contribution in [0.5, 0.6) is 0 Å². The van der Waals surface area contributed by atoms with Crippen LogP contribution in [-0.4, -0.2) is 24.9 Å². The Hall–Kier alpha value is -1.10. The number of carbonyl (C=O) groups excluding carboxylic acids is 2. The Bertz CT molecular complexity index is 182. The van der Waals surface area contributed by atoms with Crippen LogP contribution in [-0.2, 0) is 9.59 Å². The second kappa shape index (κ2) is 6.42. The van der Waals surface area contributed by atoms with Crippen LogP contribution in [0.4, 0.5) is 0 Å². The monoisotopic (exact) mass is 187 g/mol. The molecule has 0 aromatic heterocycles. The van der Waals surface area contributed by atoms with Crippen LogP contribution >= 0.6 is 0 Å². The molecule has 0 aromatic rings. The van der Waals surface area contributed by atoms with Gasteiger partial charge < -0.3 is 16.8 Å². The van der Waals surface area contributed by atoms with Gasteiger partial charge in [-0.25, -0.2) is 0 Å². The van der Waals surface area contributed by atoms with Gasteiger partial charge in [0.2, 0.25) is 11.8 Å². The molecule has 2 amide bonds.